The van der Waals surface area contributed by atoms with Crippen LogP contribution in [0.2, 0.25) is 0 Å². The van der Waals surface area contributed by atoms with Crippen LogP contribution in [0, 0.1) is 0 Å². The van der Waals surface area contributed by atoms with Crippen LogP contribution in [0.4, 0.5) is 0 Å². The number of rotatable bonds is 2. The summed E-state index contributed by atoms with van der Waals surface area (Å²) >= 11 is 0. The van der Waals surface area contributed by atoms with E-state index in [1.54, 1.807) is 7.11 Å². The second-order valence-electron chi connectivity index (χ2n) is 3.53. The SMILES string of the molecule is CCn1ccc2cc(OC)ccc21.CNC. The Morgan fingerprint density at radius 2 is 1.94 bits per heavy atom. The Hall–Kier alpha value is -1.48. The molecule has 0 aliphatic rings. The van der Waals surface area contributed by atoms with Gasteiger partial charge in [0.25, 0.3) is 0 Å². The molecule has 0 saturated heterocycles. The van der Waals surface area contributed by atoms with Gasteiger partial charge < -0.3 is 14.6 Å². The fourth-order valence-corrected chi connectivity index (χ4v) is 1.58. The lowest BCUT2D eigenvalue weighted by Crippen LogP contribution is -1.90. The van der Waals surface area contributed by atoms with Gasteiger partial charge in [-0.2, -0.15) is 0 Å². The number of hydrogen-bond donors (Lipinski definition) is 1. The molecule has 0 aliphatic carbocycles. The van der Waals surface area contributed by atoms with Crippen molar-refractivity contribution in [1.82, 2.24) is 9.88 Å². The number of ether oxygens (including phenoxy) is 1. The zero-order chi connectivity index (χ0) is 12.0. The topological polar surface area (TPSA) is 26.2 Å². The molecule has 0 aliphatic heterocycles. The van der Waals surface area contributed by atoms with Gasteiger partial charge in [0, 0.05) is 23.6 Å². The fraction of sp³-hybridized carbons (Fsp3) is 0.385. The average molecular weight is 220 g/mol. The average Bonchev–Trinajstić information content (AvgIpc) is 2.71. The molecule has 0 bridgehead atoms. The van der Waals surface area contributed by atoms with Crippen LogP contribution in [0.25, 0.3) is 10.9 Å². The van der Waals surface area contributed by atoms with Gasteiger partial charge in [-0.25, -0.2) is 0 Å². The highest BCUT2D eigenvalue weighted by molar-refractivity contribution is 5.81. The number of aromatic nitrogens is 1. The normalized spacial score (nSPS) is 9.75. The monoisotopic (exact) mass is 220 g/mol. The van der Waals surface area contributed by atoms with Gasteiger partial charge >= 0.3 is 0 Å². The Labute approximate surface area is 97.0 Å². The van der Waals surface area contributed by atoms with Crippen LogP contribution < -0.4 is 10.1 Å². The molecule has 2 aromatic rings. The molecule has 0 spiro atoms. The molecule has 1 aromatic heterocycles. The second kappa shape index (κ2) is 6.18. The number of aryl methyl sites for hydroxylation is 1. The highest BCUT2D eigenvalue weighted by Gasteiger charge is 1.99. The molecule has 0 unspecified atom stereocenters. The molecule has 2 rings (SSSR count). The van der Waals surface area contributed by atoms with Crippen LogP contribution in [-0.4, -0.2) is 25.8 Å². The summed E-state index contributed by atoms with van der Waals surface area (Å²) in [6.07, 6.45) is 2.10. The third-order valence-corrected chi connectivity index (χ3v) is 2.32. The summed E-state index contributed by atoms with van der Waals surface area (Å²) in [5, 5.41) is 3.99. The van der Waals surface area contributed by atoms with E-state index in [2.05, 4.69) is 41.2 Å². The van der Waals surface area contributed by atoms with Crippen molar-refractivity contribution in [3.05, 3.63) is 30.5 Å². The van der Waals surface area contributed by atoms with Crippen LogP contribution in [-0.2, 0) is 6.54 Å². The molecule has 16 heavy (non-hydrogen) atoms. The van der Waals surface area contributed by atoms with Crippen LogP contribution >= 0.6 is 0 Å². The van der Waals surface area contributed by atoms with Gasteiger partial charge in [0.15, 0.2) is 0 Å². The van der Waals surface area contributed by atoms with Gasteiger partial charge in [-0.15, -0.1) is 0 Å². The predicted octanol–water partition coefficient (Wildman–Crippen LogP) is 2.51. The van der Waals surface area contributed by atoms with E-state index in [9.17, 15) is 0 Å². The molecule has 1 N–H and O–H groups in total. The molecular weight excluding hydrogens is 200 g/mol. The Balaban J connectivity index is 0.000000386. The zero-order valence-corrected chi connectivity index (χ0v) is 10.4. The molecule has 0 radical (unpaired) electrons. The first-order valence-corrected chi connectivity index (χ1v) is 5.48. The summed E-state index contributed by atoms with van der Waals surface area (Å²) < 4.78 is 7.37. The number of methoxy groups -OCH3 is 1. The van der Waals surface area contributed by atoms with Crippen LogP contribution in [0.3, 0.4) is 0 Å². The maximum absolute atomic E-state index is 5.16. The molecule has 0 saturated carbocycles. The summed E-state index contributed by atoms with van der Waals surface area (Å²) in [4.78, 5) is 0. The Bertz CT molecular complexity index is 434. The van der Waals surface area contributed by atoms with Gasteiger partial charge in [0.2, 0.25) is 0 Å². The van der Waals surface area contributed by atoms with Gasteiger partial charge in [0.1, 0.15) is 5.75 Å². The predicted molar refractivity (Wildman–Crippen MR) is 69.1 cm³/mol. The minimum Gasteiger partial charge on any atom is -0.497 e. The van der Waals surface area contributed by atoms with E-state index in [0.717, 1.165) is 12.3 Å². The molecule has 88 valence electrons. The summed E-state index contributed by atoms with van der Waals surface area (Å²) in [5.41, 5.74) is 1.27. The molecule has 0 fully saturated rings. The van der Waals surface area contributed by atoms with E-state index in [1.807, 2.05) is 20.2 Å². The molecule has 3 heteroatoms. The van der Waals surface area contributed by atoms with Crippen molar-refractivity contribution in [2.45, 2.75) is 13.5 Å². The number of hydrogen-bond acceptors (Lipinski definition) is 2. The third-order valence-electron chi connectivity index (χ3n) is 2.32. The summed E-state index contributed by atoms with van der Waals surface area (Å²) in [6.45, 7) is 3.15. The first-order valence-electron chi connectivity index (χ1n) is 5.48. The van der Waals surface area contributed by atoms with Crippen molar-refractivity contribution in [3.8, 4) is 5.75 Å². The van der Waals surface area contributed by atoms with Gasteiger partial charge in [-0.3, -0.25) is 0 Å². The summed E-state index contributed by atoms with van der Waals surface area (Å²) in [6, 6.07) is 8.26. The van der Waals surface area contributed by atoms with Gasteiger partial charge in [-0.05, 0) is 45.3 Å². The lowest BCUT2D eigenvalue weighted by Gasteiger charge is -2.02. The number of benzene rings is 1. The van der Waals surface area contributed by atoms with Crippen molar-refractivity contribution >= 4 is 10.9 Å². The van der Waals surface area contributed by atoms with Crippen molar-refractivity contribution in [2.75, 3.05) is 21.2 Å². The largest absolute Gasteiger partial charge is 0.497 e. The molecule has 3 nitrogen and oxygen atoms in total. The molecule has 0 amide bonds. The maximum Gasteiger partial charge on any atom is 0.119 e. The highest BCUT2D eigenvalue weighted by atomic mass is 16.5. The van der Waals surface area contributed by atoms with Gasteiger partial charge in [0.05, 0.1) is 7.11 Å². The number of nitrogens with one attached hydrogen (secondary N) is 1. The lowest BCUT2D eigenvalue weighted by molar-refractivity contribution is 0.415. The number of nitrogens with zero attached hydrogens (tertiary/aromatic N) is 1. The first-order chi connectivity index (χ1) is 7.76. The summed E-state index contributed by atoms with van der Waals surface area (Å²) in [5.74, 6) is 0.918. The van der Waals surface area contributed by atoms with E-state index < -0.39 is 0 Å². The molecule has 1 heterocycles. The Morgan fingerprint density at radius 3 is 2.50 bits per heavy atom. The maximum atomic E-state index is 5.16. The van der Waals surface area contributed by atoms with Crippen LogP contribution in [0.5, 0.6) is 5.75 Å². The zero-order valence-electron chi connectivity index (χ0n) is 10.4. The number of fused-ring (bicyclic) bond motifs is 1. The van der Waals surface area contributed by atoms with E-state index in [0.29, 0.717) is 0 Å². The van der Waals surface area contributed by atoms with Crippen molar-refractivity contribution < 1.29 is 4.74 Å². The minimum atomic E-state index is 0.918. The molecule has 1 aromatic carbocycles. The van der Waals surface area contributed by atoms with Crippen molar-refractivity contribution in [2.24, 2.45) is 0 Å². The smallest absolute Gasteiger partial charge is 0.119 e. The van der Waals surface area contributed by atoms with E-state index >= 15 is 0 Å². The van der Waals surface area contributed by atoms with E-state index in [1.165, 1.54) is 10.9 Å². The standard InChI is InChI=1S/C11H13NO.C2H7N/c1-3-12-7-6-9-8-10(13-2)4-5-11(9)12;1-3-2/h4-8H,3H2,1-2H3;3H,1-2H3. The van der Waals surface area contributed by atoms with Crippen molar-refractivity contribution in [1.29, 1.82) is 0 Å². The molecule has 0 atom stereocenters. The van der Waals surface area contributed by atoms with Crippen LogP contribution in [0.1, 0.15) is 6.92 Å². The molecular formula is C13H20N2O. The van der Waals surface area contributed by atoms with Crippen LogP contribution in [0.15, 0.2) is 30.5 Å². The minimum absolute atomic E-state index is 0.918. The fourth-order valence-electron chi connectivity index (χ4n) is 1.58. The highest BCUT2D eigenvalue weighted by Crippen LogP contribution is 2.21. The van der Waals surface area contributed by atoms with Gasteiger partial charge in [-0.1, -0.05) is 0 Å². The Morgan fingerprint density at radius 1 is 1.25 bits per heavy atom. The third kappa shape index (κ3) is 2.76. The van der Waals surface area contributed by atoms with Crippen molar-refractivity contribution in [3.63, 3.8) is 0 Å². The summed E-state index contributed by atoms with van der Waals surface area (Å²) in [7, 11) is 5.44. The lowest BCUT2D eigenvalue weighted by atomic mass is 10.2. The van der Waals surface area contributed by atoms with E-state index in [-0.39, 0.29) is 0 Å². The Kier molecular flexibility index (Phi) is 4.86. The quantitative estimate of drug-likeness (QED) is 0.841. The van der Waals surface area contributed by atoms with E-state index in [4.69, 9.17) is 4.74 Å². The second-order valence-corrected chi connectivity index (χ2v) is 3.53. The first kappa shape index (κ1) is 12.6.